The quantitative estimate of drug-likeness (QED) is 0.919. The lowest BCUT2D eigenvalue weighted by molar-refractivity contribution is 0.421. The Kier molecular flexibility index (Phi) is 4.73. The van der Waals surface area contributed by atoms with Crippen molar-refractivity contribution in [2.75, 3.05) is 11.9 Å². The first-order valence-electron chi connectivity index (χ1n) is 6.73. The monoisotopic (exact) mass is 290 g/mol. The highest BCUT2D eigenvalue weighted by Gasteiger charge is 2.10. The van der Waals surface area contributed by atoms with E-state index in [1.807, 2.05) is 19.4 Å². The lowest BCUT2D eigenvalue weighted by Gasteiger charge is -2.20. The molecule has 0 aliphatic carbocycles. The summed E-state index contributed by atoms with van der Waals surface area (Å²) in [7, 11) is 2.04. The van der Waals surface area contributed by atoms with Gasteiger partial charge in [-0.15, -0.1) is 11.3 Å². The maximum atomic E-state index is 4.49. The fraction of sp³-hybridized carbons (Fsp3) is 0.467. The minimum Gasteiger partial charge on any atom is -0.353 e. The van der Waals surface area contributed by atoms with Crippen LogP contribution >= 0.6 is 11.3 Å². The Labute approximate surface area is 124 Å². The van der Waals surface area contributed by atoms with Crippen LogP contribution in [0.5, 0.6) is 0 Å². The summed E-state index contributed by atoms with van der Waals surface area (Å²) >= 11 is 1.76. The minimum absolute atomic E-state index is 0.0936. The summed E-state index contributed by atoms with van der Waals surface area (Å²) in [5.41, 5.74) is 1.06. The largest absolute Gasteiger partial charge is 0.353 e. The van der Waals surface area contributed by atoms with Gasteiger partial charge in [0.1, 0.15) is 5.82 Å². The highest BCUT2D eigenvalue weighted by Crippen LogP contribution is 2.15. The lowest BCUT2D eigenvalue weighted by Crippen LogP contribution is -2.35. The molecule has 0 aromatic carbocycles. The second-order valence-corrected chi connectivity index (χ2v) is 6.94. The van der Waals surface area contributed by atoms with Crippen LogP contribution < -0.4 is 10.2 Å². The van der Waals surface area contributed by atoms with Crippen LogP contribution in [-0.2, 0) is 13.1 Å². The number of hydrogen-bond acceptors (Lipinski definition) is 5. The van der Waals surface area contributed by atoms with Gasteiger partial charge in [-0.05, 0) is 32.2 Å². The first-order chi connectivity index (χ1) is 9.44. The molecule has 5 heteroatoms. The Morgan fingerprint density at radius 1 is 1.25 bits per heavy atom. The van der Waals surface area contributed by atoms with Gasteiger partial charge in [-0.25, -0.2) is 4.98 Å². The van der Waals surface area contributed by atoms with E-state index in [-0.39, 0.29) is 5.54 Å². The summed E-state index contributed by atoms with van der Waals surface area (Å²) in [5, 5.41) is 5.50. The lowest BCUT2D eigenvalue weighted by atomic mass is 10.1. The van der Waals surface area contributed by atoms with Crippen LogP contribution in [-0.4, -0.2) is 22.6 Å². The molecule has 2 aromatic rings. The zero-order chi connectivity index (χ0) is 14.6. The second kappa shape index (κ2) is 6.33. The number of anilines is 1. The highest BCUT2D eigenvalue weighted by molar-refractivity contribution is 7.09. The van der Waals surface area contributed by atoms with Crippen molar-refractivity contribution in [3.05, 3.63) is 40.5 Å². The SMILES string of the molecule is CN(Cc1cccs1)c1cnc(CNC(C)(C)C)cn1. The van der Waals surface area contributed by atoms with Crippen LogP contribution in [0.2, 0.25) is 0 Å². The van der Waals surface area contributed by atoms with E-state index >= 15 is 0 Å². The molecule has 0 saturated carbocycles. The summed E-state index contributed by atoms with van der Waals surface area (Å²) in [6.07, 6.45) is 3.69. The molecule has 4 nitrogen and oxygen atoms in total. The number of nitrogens with zero attached hydrogens (tertiary/aromatic N) is 3. The smallest absolute Gasteiger partial charge is 0.147 e. The van der Waals surface area contributed by atoms with Crippen molar-refractivity contribution >= 4 is 17.2 Å². The predicted octanol–water partition coefficient (Wildman–Crippen LogP) is 3.06. The molecule has 0 aliphatic heterocycles. The molecule has 0 aliphatic rings. The topological polar surface area (TPSA) is 41.1 Å². The van der Waals surface area contributed by atoms with E-state index in [4.69, 9.17) is 0 Å². The van der Waals surface area contributed by atoms with Crippen molar-refractivity contribution in [3.8, 4) is 0 Å². The normalized spacial score (nSPS) is 11.6. The molecular weight excluding hydrogens is 268 g/mol. The van der Waals surface area contributed by atoms with Gasteiger partial charge in [0.15, 0.2) is 0 Å². The molecule has 2 heterocycles. The summed E-state index contributed by atoms with van der Waals surface area (Å²) in [6.45, 7) is 8.04. The summed E-state index contributed by atoms with van der Waals surface area (Å²) in [5.74, 6) is 0.901. The van der Waals surface area contributed by atoms with Crippen LogP contribution in [0.25, 0.3) is 0 Å². The van der Waals surface area contributed by atoms with Gasteiger partial charge < -0.3 is 10.2 Å². The van der Waals surface area contributed by atoms with Crippen LogP contribution in [0.1, 0.15) is 31.3 Å². The third-order valence-corrected chi connectivity index (χ3v) is 3.72. The second-order valence-electron chi connectivity index (χ2n) is 5.90. The van der Waals surface area contributed by atoms with Crippen molar-refractivity contribution in [1.29, 1.82) is 0 Å². The van der Waals surface area contributed by atoms with Crippen LogP contribution in [0.3, 0.4) is 0 Å². The highest BCUT2D eigenvalue weighted by atomic mass is 32.1. The molecule has 2 aromatic heterocycles. The zero-order valence-corrected chi connectivity index (χ0v) is 13.4. The van der Waals surface area contributed by atoms with Gasteiger partial charge in [0.05, 0.1) is 24.6 Å². The number of aromatic nitrogens is 2. The third-order valence-electron chi connectivity index (χ3n) is 2.86. The molecule has 0 amide bonds. The zero-order valence-electron chi connectivity index (χ0n) is 12.6. The van der Waals surface area contributed by atoms with Gasteiger partial charge in [-0.1, -0.05) is 6.07 Å². The molecule has 0 spiro atoms. The fourth-order valence-corrected chi connectivity index (χ4v) is 2.47. The van der Waals surface area contributed by atoms with E-state index in [0.29, 0.717) is 0 Å². The van der Waals surface area contributed by atoms with Crippen molar-refractivity contribution in [1.82, 2.24) is 15.3 Å². The molecular formula is C15H22N4S. The number of thiophene rings is 1. The van der Waals surface area contributed by atoms with Gasteiger partial charge in [0.25, 0.3) is 0 Å². The van der Waals surface area contributed by atoms with Crippen molar-refractivity contribution in [2.45, 2.75) is 39.4 Å². The van der Waals surface area contributed by atoms with Crippen LogP contribution in [0, 0.1) is 0 Å². The van der Waals surface area contributed by atoms with E-state index < -0.39 is 0 Å². The number of hydrogen-bond donors (Lipinski definition) is 1. The molecule has 20 heavy (non-hydrogen) atoms. The Morgan fingerprint density at radius 2 is 2.05 bits per heavy atom. The molecule has 1 N–H and O–H groups in total. The first-order valence-corrected chi connectivity index (χ1v) is 7.61. The minimum atomic E-state index is 0.0936. The van der Waals surface area contributed by atoms with Gasteiger partial charge in [0.2, 0.25) is 0 Å². The van der Waals surface area contributed by atoms with Gasteiger partial charge in [-0.2, -0.15) is 0 Å². The average Bonchev–Trinajstić information content (AvgIpc) is 2.89. The third kappa shape index (κ3) is 4.58. The molecule has 0 fully saturated rings. The molecule has 0 atom stereocenters. The predicted molar refractivity (Wildman–Crippen MR) is 85.1 cm³/mol. The molecule has 0 unspecified atom stereocenters. The Morgan fingerprint density at radius 3 is 2.60 bits per heavy atom. The summed E-state index contributed by atoms with van der Waals surface area (Å²) in [6, 6.07) is 4.21. The molecule has 0 saturated heterocycles. The van der Waals surface area contributed by atoms with Gasteiger partial charge in [0, 0.05) is 24.0 Å². The molecule has 0 bridgehead atoms. The molecule has 0 radical (unpaired) electrons. The molecule has 2 rings (SSSR count). The van der Waals surface area contributed by atoms with E-state index in [1.165, 1.54) is 4.88 Å². The van der Waals surface area contributed by atoms with Crippen molar-refractivity contribution < 1.29 is 0 Å². The Bertz CT molecular complexity index is 514. The average molecular weight is 290 g/mol. The van der Waals surface area contributed by atoms with E-state index in [2.05, 4.69) is 58.5 Å². The van der Waals surface area contributed by atoms with Crippen LogP contribution in [0.15, 0.2) is 29.9 Å². The Balaban J connectivity index is 1.93. The van der Waals surface area contributed by atoms with E-state index in [9.17, 15) is 0 Å². The Hall–Kier alpha value is -1.46. The standard InChI is InChI=1S/C15H22N4S/c1-15(2,3)18-9-12-8-17-14(10-16-12)19(4)11-13-6-5-7-20-13/h5-8,10,18H,9,11H2,1-4H3. The van der Waals surface area contributed by atoms with Gasteiger partial charge in [-0.3, -0.25) is 4.98 Å². The van der Waals surface area contributed by atoms with Crippen molar-refractivity contribution in [2.24, 2.45) is 0 Å². The first kappa shape index (κ1) is 14.9. The maximum absolute atomic E-state index is 4.49. The number of nitrogens with one attached hydrogen (secondary N) is 1. The maximum Gasteiger partial charge on any atom is 0.147 e. The fourth-order valence-electron chi connectivity index (χ4n) is 1.71. The van der Waals surface area contributed by atoms with Crippen molar-refractivity contribution in [3.63, 3.8) is 0 Å². The van der Waals surface area contributed by atoms with Crippen LogP contribution in [0.4, 0.5) is 5.82 Å². The number of rotatable bonds is 5. The van der Waals surface area contributed by atoms with Gasteiger partial charge >= 0.3 is 0 Å². The van der Waals surface area contributed by atoms with E-state index in [0.717, 1.165) is 24.6 Å². The summed E-state index contributed by atoms with van der Waals surface area (Å²) < 4.78 is 0. The summed E-state index contributed by atoms with van der Waals surface area (Å²) in [4.78, 5) is 12.4. The molecule has 108 valence electrons. The van der Waals surface area contributed by atoms with E-state index in [1.54, 1.807) is 11.3 Å².